The summed E-state index contributed by atoms with van der Waals surface area (Å²) in [5, 5.41) is 5.09. The van der Waals surface area contributed by atoms with E-state index in [4.69, 9.17) is 0 Å². The van der Waals surface area contributed by atoms with Crippen LogP contribution in [0.3, 0.4) is 0 Å². The summed E-state index contributed by atoms with van der Waals surface area (Å²) in [5.41, 5.74) is 0.488. The number of hydrogen-bond acceptors (Lipinski definition) is 7. The highest BCUT2D eigenvalue weighted by molar-refractivity contribution is 7.93. The highest BCUT2D eigenvalue weighted by Gasteiger charge is 2.16. The number of thiazole rings is 2. The Labute approximate surface area is 152 Å². The summed E-state index contributed by atoms with van der Waals surface area (Å²) in [6, 6.07) is 8.03. The van der Waals surface area contributed by atoms with Gasteiger partial charge in [0.1, 0.15) is 0 Å². The van der Waals surface area contributed by atoms with E-state index in [1.165, 1.54) is 23.5 Å². The highest BCUT2D eigenvalue weighted by Crippen LogP contribution is 2.21. The average molecular weight is 395 g/mol. The molecule has 0 atom stereocenters. The topological polar surface area (TPSA) is 101 Å². The first-order valence-corrected chi connectivity index (χ1v) is 10.3. The molecule has 10 heteroatoms. The number of nitrogens with one attached hydrogen (secondary N) is 2. The number of carbonyl (C=O) groups excluding carboxylic acids is 1. The van der Waals surface area contributed by atoms with Crippen molar-refractivity contribution < 1.29 is 13.2 Å². The molecule has 0 radical (unpaired) electrons. The molecule has 2 heterocycles. The monoisotopic (exact) mass is 394 g/mol. The van der Waals surface area contributed by atoms with E-state index in [9.17, 15) is 13.2 Å². The van der Waals surface area contributed by atoms with Crippen LogP contribution in [0.4, 0.5) is 10.3 Å². The molecule has 3 rings (SSSR count). The van der Waals surface area contributed by atoms with E-state index in [1.807, 2.05) is 6.92 Å². The van der Waals surface area contributed by atoms with Crippen molar-refractivity contribution in [2.75, 3.05) is 10.0 Å². The molecule has 0 aliphatic heterocycles. The molecule has 7 nitrogen and oxygen atoms in total. The number of anilines is 2. The summed E-state index contributed by atoms with van der Waals surface area (Å²) in [6.07, 6.45) is 1.72. The van der Waals surface area contributed by atoms with Crippen LogP contribution in [0.1, 0.15) is 10.6 Å². The molecule has 1 amide bonds. The summed E-state index contributed by atoms with van der Waals surface area (Å²) in [6.45, 7) is 1.90. The maximum Gasteiger partial charge on any atom is 0.263 e. The van der Waals surface area contributed by atoms with E-state index >= 15 is 0 Å². The molecule has 0 saturated heterocycles. The fourth-order valence-corrected chi connectivity index (χ4v) is 4.61. The number of amides is 1. The molecule has 1 aromatic carbocycles. The van der Waals surface area contributed by atoms with E-state index in [0.717, 1.165) is 16.2 Å². The zero-order chi connectivity index (χ0) is 17.9. The molecule has 25 heavy (non-hydrogen) atoms. The van der Waals surface area contributed by atoms with E-state index in [0.29, 0.717) is 10.8 Å². The van der Waals surface area contributed by atoms with Gasteiger partial charge in [-0.3, -0.25) is 9.52 Å². The third-order valence-electron chi connectivity index (χ3n) is 3.04. The minimum Gasteiger partial charge on any atom is -0.302 e. The third kappa shape index (κ3) is 4.62. The van der Waals surface area contributed by atoms with Gasteiger partial charge in [0, 0.05) is 16.5 Å². The molecule has 130 valence electrons. The summed E-state index contributed by atoms with van der Waals surface area (Å²) < 4.78 is 26.9. The van der Waals surface area contributed by atoms with Crippen LogP contribution in [-0.2, 0) is 21.2 Å². The first-order chi connectivity index (χ1) is 11.9. The van der Waals surface area contributed by atoms with Crippen molar-refractivity contribution in [3.05, 3.63) is 52.5 Å². The second kappa shape index (κ2) is 7.30. The van der Waals surface area contributed by atoms with Gasteiger partial charge in [0.05, 0.1) is 17.0 Å². The first kappa shape index (κ1) is 17.5. The van der Waals surface area contributed by atoms with E-state index in [1.54, 1.807) is 29.8 Å². The molecular formula is C15H14N4O3S3. The fourth-order valence-electron chi connectivity index (χ4n) is 1.95. The molecule has 2 N–H and O–H groups in total. The lowest BCUT2D eigenvalue weighted by Gasteiger charge is -2.04. The Morgan fingerprint density at radius 2 is 1.96 bits per heavy atom. The number of benzene rings is 1. The molecule has 0 spiro atoms. The summed E-state index contributed by atoms with van der Waals surface area (Å²) in [7, 11) is -3.69. The van der Waals surface area contributed by atoms with E-state index in [-0.39, 0.29) is 22.4 Å². The van der Waals surface area contributed by atoms with Crippen LogP contribution in [0.25, 0.3) is 0 Å². The summed E-state index contributed by atoms with van der Waals surface area (Å²) in [5.74, 6) is -0.253. The zero-order valence-electron chi connectivity index (χ0n) is 13.1. The Balaban J connectivity index is 1.63. The van der Waals surface area contributed by atoms with Gasteiger partial charge in [-0.15, -0.1) is 22.7 Å². The van der Waals surface area contributed by atoms with Crippen molar-refractivity contribution >= 4 is 48.9 Å². The number of hydrogen-bond donors (Lipinski definition) is 2. The Hall–Kier alpha value is -2.30. The van der Waals surface area contributed by atoms with Gasteiger partial charge in [-0.05, 0) is 19.1 Å². The maximum atomic E-state index is 12.2. The van der Waals surface area contributed by atoms with E-state index in [2.05, 4.69) is 20.0 Å². The minimum absolute atomic E-state index is 0.0438. The SMILES string of the molecule is Cc1cnc(NC(=O)Cc2csc(NS(=O)(=O)c3ccccc3)n2)s1. The summed E-state index contributed by atoms with van der Waals surface area (Å²) in [4.78, 5) is 21.4. The third-order valence-corrected chi connectivity index (χ3v) is 6.16. The molecule has 0 bridgehead atoms. The van der Waals surface area contributed by atoms with Gasteiger partial charge in [-0.2, -0.15) is 0 Å². The van der Waals surface area contributed by atoms with Crippen LogP contribution in [0, 0.1) is 6.92 Å². The number of aryl methyl sites for hydroxylation is 1. The largest absolute Gasteiger partial charge is 0.302 e. The number of nitrogens with zero attached hydrogens (tertiary/aromatic N) is 2. The average Bonchev–Trinajstić information content (AvgIpc) is 3.16. The zero-order valence-corrected chi connectivity index (χ0v) is 15.5. The lowest BCUT2D eigenvalue weighted by atomic mass is 10.3. The van der Waals surface area contributed by atoms with Crippen molar-refractivity contribution in [2.45, 2.75) is 18.2 Å². The van der Waals surface area contributed by atoms with Crippen LogP contribution in [0.2, 0.25) is 0 Å². The predicted octanol–water partition coefficient (Wildman–Crippen LogP) is 2.89. The standard InChI is InChI=1S/C15H14N4O3S3/c1-10-8-16-14(24-10)18-13(20)7-11-9-23-15(17-11)19-25(21,22)12-5-3-2-4-6-12/h2-6,8-9H,7H2,1H3,(H,17,19)(H,16,18,20). The van der Waals surface area contributed by atoms with Crippen molar-refractivity contribution in [3.8, 4) is 0 Å². The maximum absolute atomic E-state index is 12.2. The molecule has 0 aliphatic carbocycles. The van der Waals surface area contributed by atoms with Crippen molar-refractivity contribution in [2.24, 2.45) is 0 Å². The Morgan fingerprint density at radius 1 is 1.20 bits per heavy atom. The van der Waals surface area contributed by atoms with Crippen LogP contribution in [-0.4, -0.2) is 24.3 Å². The van der Waals surface area contributed by atoms with Crippen LogP contribution >= 0.6 is 22.7 Å². The molecule has 0 aliphatic rings. The van der Waals surface area contributed by atoms with Gasteiger partial charge < -0.3 is 5.32 Å². The highest BCUT2D eigenvalue weighted by atomic mass is 32.2. The number of carbonyl (C=O) groups is 1. The number of sulfonamides is 1. The van der Waals surface area contributed by atoms with Gasteiger partial charge >= 0.3 is 0 Å². The molecule has 2 aromatic heterocycles. The Morgan fingerprint density at radius 3 is 2.64 bits per heavy atom. The smallest absolute Gasteiger partial charge is 0.263 e. The lowest BCUT2D eigenvalue weighted by molar-refractivity contribution is -0.115. The number of rotatable bonds is 6. The van der Waals surface area contributed by atoms with Gasteiger partial charge in [-0.25, -0.2) is 18.4 Å². The normalized spacial score (nSPS) is 11.2. The quantitative estimate of drug-likeness (QED) is 0.669. The second-order valence-electron chi connectivity index (χ2n) is 5.06. The molecule has 0 saturated carbocycles. The van der Waals surface area contributed by atoms with Gasteiger partial charge in [0.25, 0.3) is 10.0 Å². The van der Waals surface area contributed by atoms with Crippen molar-refractivity contribution in [1.29, 1.82) is 0 Å². The fraction of sp³-hybridized carbons (Fsp3) is 0.133. The minimum atomic E-state index is -3.69. The van der Waals surface area contributed by atoms with Gasteiger partial charge in [0.2, 0.25) is 5.91 Å². The first-order valence-electron chi connectivity index (χ1n) is 7.17. The second-order valence-corrected chi connectivity index (χ2v) is 8.84. The van der Waals surface area contributed by atoms with Crippen LogP contribution in [0.15, 0.2) is 46.8 Å². The Bertz CT molecular complexity index is 980. The number of aromatic nitrogens is 2. The molecular weight excluding hydrogens is 380 g/mol. The predicted molar refractivity (Wildman–Crippen MR) is 98.5 cm³/mol. The van der Waals surface area contributed by atoms with Crippen LogP contribution < -0.4 is 10.0 Å². The van der Waals surface area contributed by atoms with E-state index < -0.39 is 10.0 Å². The molecule has 0 unspecified atom stereocenters. The van der Waals surface area contributed by atoms with Crippen molar-refractivity contribution in [3.63, 3.8) is 0 Å². The van der Waals surface area contributed by atoms with Crippen LogP contribution in [0.5, 0.6) is 0 Å². The Kier molecular flexibility index (Phi) is 5.11. The summed E-state index contributed by atoms with van der Waals surface area (Å²) >= 11 is 2.51. The molecule has 0 fully saturated rings. The van der Waals surface area contributed by atoms with Crippen molar-refractivity contribution in [1.82, 2.24) is 9.97 Å². The van der Waals surface area contributed by atoms with Gasteiger partial charge in [-0.1, -0.05) is 18.2 Å². The molecule has 3 aromatic rings. The van der Waals surface area contributed by atoms with Gasteiger partial charge in [0.15, 0.2) is 10.3 Å². The lowest BCUT2D eigenvalue weighted by Crippen LogP contribution is -2.15.